The number of hydrogen-bond acceptors (Lipinski definition) is 6. The Kier molecular flexibility index (Phi) is 2.32. The van der Waals surface area contributed by atoms with Crippen molar-refractivity contribution in [3.05, 3.63) is 12.7 Å². The SMILES string of the molecule is C[C@]1(C(=O)O)Nc2c3[nH]cnc3nc[n+]2[C@](C)(O)[C@@H]1O. The highest BCUT2D eigenvalue weighted by atomic mass is 16.4. The van der Waals surface area contributed by atoms with Crippen molar-refractivity contribution >= 4 is 23.0 Å². The molecule has 0 fully saturated rings. The van der Waals surface area contributed by atoms with Gasteiger partial charge in [-0.15, -0.1) is 0 Å². The maximum Gasteiger partial charge on any atom is 0.346 e. The summed E-state index contributed by atoms with van der Waals surface area (Å²) in [6.45, 7) is 2.63. The number of carbonyl (C=O) groups is 1. The van der Waals surface area contributed by atoms with Crippen molar-refractivity contribution < 1.29 is 24.7 Å². The van der Waals surface area contributed by atoms with Crippen LogP contribution >= 0.6 is 0 Å². The van der Waals surface area contributed by atoms with Gasteiger partial charge >= 0.3 is 5.97 Å². The minimum absolute atomic E-state index is 0.299. The first-order valence-electron chi connectivity index (χ1n) is 5.94. The van der Waals surface area contributed by atoms with Crippen molar-refractivity contribution in [2.24, 2.45) is 0 Å². The fourth-order valence-corrected chi connectivity index (χ4v) is 2.48. The number of rotatable bonds is 1. The zero-order chi connectivity index (χ0) is 14.7. The van der Waals surface area contributed by atoms with Crippen molar-refractivity contribution in [1.82, 2.24) is 15.0 Å². The van der Waals surface area contributed by atoms with E-state index in [1.165, 1.54) is 31.1 Å². The zero-order valence-corrected chi connectivity index (χ0v) is 10.8. The minimum atomic E-state index is -1.83. The van der Waals surface area contributed by atoms with E-state index in [1.54, 1.807) is 0 Å². The molecule has 2 aromatic heterocycles. The van der Waals surface area contributed by atoms with Gasteiger partial charge in [-0.05, 0) is 6.92 Å². The summed E-state index contributed by atoms with van der Waals surface area (Å²) < 4.78 is 1.28. The summed E-state index contributed by atoms with van der Waals surface area (Å²) in [5.41, 5.74) is -2.75. The Morgan fingerprint density at radius 3 is 2.80 bits per heavy atom. The second kappa shape index (κ2) is 3.64. The number of nitrogens with one attached hydrogen (secondary N) is 2. The lowest BCUT2D eigenvalue weighted by molar-refractivity contribution is -0.807. The fraction of sp³-hybridized carbons (Fsp3) is 0.455. The fourth-order valence-electron chi connectivity index (χ4n) is 2.48. The van der Waals surface area contributed by atoms with E-state index < -0.39 is 23.3 Å². The first kappa shape index (κ1) is 12.8. The molecule has 9 nitrogen and oxygen atoms in total. The number of aromatic nitrogens is 4. The van der Waals surface area contributed by atoms with Gasteiger partial charge in [0.1, 0.15) is 0 Å². The van der Waals surface area contributed by atoms with Crippen molar-refractivity contribution in [3.63, 3.8) is 0 Å². The molecule has 1 aliphatic heterocycles. The van der Waals surface area contributed by atoms with Crippen LogP contribution in [-0.2, 0) is 10.5 Å². The van der Waals surface area contributed by atoms with Crippen LogP contribution in [0, 0.1) is 0 Å². The molecule has 20 heavy (non-hydrogen) atoms. The third-order valence-corrected chi connectivity index (χ3v) is 3.77. The molecule has 0 amide bonds. The van der Waals surface area contributed by atoms with Gasteiger partial charge in [0.2, 0.25) is 17.6 Å². The summed E-state index contributed by atoms with van der Waals surface area (Å²) in [5.74, 6) is -0.978. The first-order valence-corrected chi connectivity index (χ1v) is 5.94. The second-order valence-corrected chi connectivity index (χ2v) is 5.19. The molecule has 0 spiro atoms. The van der Waals surface area contributed by atoms with Gasteiger partial charge < -0.3 is 20.3 Å². The normalized spacial score (nSPS) is 32.7. The maximum atomic E-state index is 11.5. The molecule has 0 saturated carbocycles. The lowest BCUT2D eigenvalue weighted by atomic mass is 9.85. The number of hydrogen-bond donors (Lipinski definition) is 5. The van der Waals surface area contributed by atoms with E-state index in [0.717, 1.165) is 0 Å². The van der Waals surface area contributed by atoms with E-state index in [0.29, 0.717) is 17.0 Å². The van der Waals surface area contributed by atoms with Crippen molar-refractivity contribution in [3.8, 4) is 0 Å². The van der Waals surface area contributed by atoms with E-state index in [-0.39, 0.29) is 0 Å². The molecule has 0 aromatic carbocycles. The van der Waals surface area contributed by atoms with Crippen LogP contribution in [0.25, 0.3) is 11.2 Å². The smallest absolute Gasteiger partial charge is 0.346 e. The number of aliphatic carboxylic acids is 1. The number of fused-ring (bicyclic) bond motifs is 3. The van der Waals surface area contributed by atoms with Crippen LogP contribution in [0.15, 0.2) is 12.7 Å². The molecule has 3 atom stereocenters. The molecule has 9 heteroatoms. The topological polar surface area (TPSA) is 135 Å². The van der Waals surface area contributed by atoms with E-state index in [4.69, 9.17) is 0 Å². The quantitative estimate of drug-likeness (QED) is 0.403. The Bertz CT molecular complexity index is 712. The van der Waals surface area contributed by atoms with Crippen LogP contribution in [0.3, 0.4) is 0 Å². The number of H-pyrrole nitrogens is 1. The summed E-state index contributed by atoms with van der Waals surface area (Å²) in [6.07, 6.45) is 1.14. The van der Waals surface area contributed by atoms with Crippen LogP contribution in [0.1, 0.15) is 13.8 Å². The number of carboxylic acids is 1. The number of aromatic amines is 1. The van der Waals surface area contributed by atoms with E-state index in [9.17, 15) is 20.1 Å². The number of carboxylic acid groups (broad SMARTS) is 1. The molecule has 0 bridgehead atoms. The van der Waals surface area contributed by atoms with E-state index in [1.807, 2.05) is 0 Å². The summed E-state index contributed by atoms with van der Waals surface area (Å²) in [4.78, 5) is 22.3. The van der Waals surface area contributed by atoms with Gasteiger partial charge in [0.25, 0.3) is 11.5 Å². The highest BCUT2D eigenvalue weighted by Gasteiger charge is 2.59. The Hall–Kier alpha value is -2.26. The molecular weight excluding hydrogens is 266 g/mol. The van der Waals surface area contributed by atoms with Gasteiger partial charge in [-0.1, -0.05) is 4.98 Å². The lowest BCUT2D eigenvalue weighted by Crippen LogP contribution is -2.75. The van der Waals surface area contributed by atoms with E-state index >= 15 is 0 Å². The molecule has 0 aliphatic carbocycles. The predicted octanol–water partition coefficient (Wildman–Crippen LogP) is -1.46. The van der Waals surface area contributed by atoms with Crippen LogP contribution in [0.5, 0.6) is 0 Å². The van der Waals surface area contributed by atoms with E-state index in [2.05, 4.69) is 20.3 Å². The van der Waals surface area contributed by atoms with Gasteiger partial charge in [0, 0.05) is 6.92 Å². The van der Waals surface area contributed by atoms with Crippen molar-refractivity contribution in [1.29, 1.82) is 0 Å². The molecule has 5 N–H and O–H groups in total. The van der Waals surface area contributed by atoms with Gasteiger partial charge in [-0.3, -0.25) is 5.32 Å². The summed E-state index contributed by atoms with van der Waals surface area (Å²) in [5, 5.41) is 32.9. The Balaban J connectivity index is 2.32. The third-order valence-electron chi connectivity index (χ3n) is 3.77. The average Bonchev–Trinajstić information content (AvgIpc) is 2.84. The Labute approximate surface area is 112 Å². The summed E-state index contributed by atoms with van der Waals surface area (Å²) in [6, 6.07) is 0. The average molecular weight is 280 g/mol. The van der Waals surface area contributed by atoms with Gasteiger partial charge in [0.15, 0.2) is 11.6 Å². The van der Waals surface area contributed by atoms with Gasteiger partial charge in [-0.25, -0.2) is 14.3 Å². The van der Waals surface area contributed by atoms with Crippen LogP contribution in [0.2, 0.25) is 0 Å². The molecule has 0 saturated heterocycles. The number of aliphatic hydroxyl groups is 2. The Morgan fingerprint density at radius 2 is 2.15 bits per heavy atom. The molecule has 1 aliphatic rings. The predicted molar refractivity (Wildman–Crippen MR) is 65.6 cm³/mol. The standard InChI is InChI=1S/C11H13N5O4/c1-10(9(18)19)8(17)11(2,20)16-4-14-6-5(7(16)15-10)12-3-13-6/h3-4,8,17,20H,1-2H3,(H2,12,13,15,18,19)/p+1/t8-,10+,11-/m1/s1. The zero-order valence-electron chi connectivity index (χ0n) is 10.8. The largest absolute Gasteiger partial charge is 0.478 e. The van der Waals surface area contributed by atoms with Gasteiger partial charge in [0.05, 0.1) is 6.33 Å². The second-order valence-electron chi connectivity index (χ2n) is 5.19. The van der Waals surface area contributed by atoms with Gasteiger partial charge in [-0.2, -0.15) is 0 Å². The van der Waals surface area contributed by atoms with Crippen LogP contribution in [0.4, 0.5) is 5.82 Å². The Morgan fingerprint density at radius 1 is 1.45 bits per heavy atom. The number of nitrogens with zero attached hydrogens (tertiary/aromatic N) is 3. The highest BCUT2D eigenvalue weighted by Crippen LogP contribution is 2.32. The van der Waals surface area contributed by atoms with Crippen molar-refractivity contribution in [2.75, 3.05) is 5.32 Å². The maximum absolute atomic E-state index is 11.5. The molecule has 3 heterocycles. The van der Waals surface area contributed by atoms with Crippen LogP contribution in [-0.4, -0.2) is 47.9 Å². The molecule has 3 rings (SSSR count). The molecular formula is C11H14N5O4+. The van der Waals surface area contributed by atoms with Crippen LogP contribution < -0.4 is 9.88 Å². The third kappa shape index (κ3) is 1.38. The molecule has 0 unspecified atom stereocenters. The molecule has 2 aromatic rings. The minimum Gasteiger partial charge on any atom is -0.478 e. The van der Waals surface area contributed by atoms with Crippen molar-refractivity contribution in [2.45, 2.75) is 31.2 Å². The number of anilines is 1. The number of imidazole rings is 1. The highest BCUT2D eigenvalue weighted by molar-refractivity contribution is 5.88. The number of aliphatic hydroxyl groups excluding tert-OH is 1. The molecule has 106 valence electrons. The first-order chi connectivity index (χ1) is 9.28. The lowest BCUT2D eigenvalue weighted by Gasteiger charge is -2.41. The summed E-state index contributed by atoms with van der Waals surface area (Å²) in [7, 11) is 0. The molecule has 0 radical (unpaired) electrons. The monoisotopic (exact) mass is 280 g/mol. The summed E-state index contributed by atoms with van der Waals surface area (Å²) >= 11 is 0.